The average molecular weight is 446 g/mol. The Kier molecular flexibility index (Phi) is 6.16. The van der Waals surface area contributed by atoms with Gasteiger partial charge in [0.05, 0.1) is 33.3 Å². The van der Waals surface area contributed by atoms with Crippen molar-refractivity contribution in [2.75, 3.05) is 33.4 Å². The Labute approximate surface area is 179 Å². The summed E-state index contributed by atoms with van der Waals surface area (Å²) in [6.07, 6.45) is 1.84. The molecule has 164 valence electrons. The Morgan fingerprint density at radius 1 is 1.19 bits per heavy atom. The summed E-state index contributed by atoms with van der Waals surface area (Å²) in [5, 5.41) is 10.9. The maximum atomic E-state index is 13.1. The maximum Gasteiger partial charge on any atom is 0.246 e. The van der Waals surface area contributed by atoms with E-state index in [1.165, 1.54) is 17.5 Å². The van der Waals surface area contributed by atoms with Crippen molar-refractivity contribution in [3.8, 4) is 5.75 Å². The second kappa shape index (κ2) is 9.00. The molecule has 3 heterocycles. The van der Waals surface area contributed by atoms with Gasteiger partial charge in [0.25, 0.3) is 0 Å². The molecular weight excluding hydrogens is 422 g/mol. The highest BCUT2D eigenvalue weighted by Crippen LogP contribution is 2.28. The molecule has 2 aromatic heterocycles. The predicted octanol–water partition coefficient (Wildman–Crippen LogP) is 0.618. The van der Waals surface area contributed by atoms with Crippen LogP contribution in [-0.2, 0) is 32.5 Å². The minimum atomic E-state index is -3.76. The van der Waals surface area contributed by atoms with Crippen molar-refractivity contribution in [2.45, 2.75) is 17.9 Å². The summed E-state index contributed by atoms with van der Waals surface area (Å²) in [7, 11) is -2.34. The van der Waals surface area contributed by atoms with Crippen LogP contribution < -0.4 is 10.1 Å². The fraction of sp³-hybridized carbons (Fsp3) is 0.350. The molecular formula is C20H23N5O5S. The number of nitrogens with zero attached hydrogens (tertiary/aromatic N) is 4. The van der Waals surface area contributed by atoms with Crippen LogP contribution in [0, 0.1) is 0 Å². The molecule has 0 saturated carbocycles. The lowest BCUT2D eigenvalue weighted by atomic mass is 10.1. The molecule has 10 nitrogen and oxygen atoms in total. The molecule has 1 fully saturated rings. The number of pyridine rings is 1. The van der Waals surface area contributed by atoms with Crippen LogP contribution in [0.5, 0.6) is 5.75 Å². The number of sulfonamides is 1. The van der Waals surface area contributed by atoms with Crippen molar-refractivity contribution in [3.05, 3.63) is 54.0 Å². The Morgan fingerprint density at radius 3 is 2.77 bits per heavy atom. The van der Waals surface area contributed by atoms with Crippen LogP contribution in [0.4, 0.5) is 0 Å². The molecule has 4 rings (SSSR count). The van der Waals surface area contributed by atoms with Crippen molar-refractivity contribution in [3.63, 3.8) is 0 Å². The van der Waals surface area contributed by atoms with Gasteiger partial charge >= 0.3 is 0 Å². The van der Waals surface area contributed by atoms with Gasteiger partial charge in [-0.05, 0) is 29.8 Å². The summed E-state index contributed by atoms with van der Waals surface area (Å²) in [6, 6.07) is 10.3. The maximum absolute atomic E-state index is 13.1. The molecule has 1 aromatic carbocycles. The first-order valence-corrected chi connectivity index (χ1v) is 11.2. The molecule has 0 aliphatic carbocycles. The van der Waals surface area contributed by atoms with E-state index in [0.717, 1.165) is 0 Å². The monoisotopic (exact) mass is 445 g/mol. The lowest BCUT2D eigenvalue weighted by Crippen LogP contribution is -2.40. The molecule has 1 aliphatic heterocycles. The molecule has 1 saturated heterocycles. The molecule has 0 spiro atoms. The number of fused-ring (bicyclic) bond motifs is 1. The molecule has 11 heteroatoms. The molecule has 0 radical (unpaired) electrons. The van der Waals surface area contributed by atoms with Crippen LogP contribution in [0.3, 0.4) is 0 Å². The molecule has 0 atom stereocenters. The number of rotatable bonds is 7. The molecule has 1 N–H and O–H groups in total. The summed E-state index contributed by atoms with van der Waals surface area (Å²) >= 11 is 0. The van der Waals surface area contributed by atoms with Gasteiger partial charge in [-0.25, -0.2) is 8.42 Å². The number of ether oxygens (including phenoxy) is 2. The first-order valence-electron chi connectivity index (χ1n) is 9.79. The van der Waals surface area contributed by atoms with Gasteiger partial charge < -0.3 is 14.8 Å². The largest absolute Gasteiger partial charge is 0.495 e. The number of hydrogen-bond acceptors (Lipinski definition) is 7. The third-order valence-corrected chi connectivity index (χ3v) is 6.93. The van der Waals surface area contributed by atoms with Gasteiger partial charge in [-0.2, -0.15) is 4.31 Å². The Balaban J connectivity index is 1.48. The van der Waals surface area contributed by atoms with Gasteiger partial charge in [-0.3, -0.25) is 9.20 Å². The molecule has 1 amide bonds. The SMILES string of the molecule is COc1ccc(CC(=O)NCc2nnc3ccccn23)cc1S(=O)(=O)N1CCOCC1. The number of carbonyl (C=O) groups is 1. The zero-order chi connectivity index (χ0) is 21.8. The van der Waals surface area contributed by atoms with E-state index in [1.54, 1.807) is 16.5 Å². The van der Waals surface area contributed by atoms with Crippen molar-refractivity contribution in [1.82, 2.24) is 24.2 Å². The standard InChI is InChI=1S/C20H23N5O5S/c1-29-16-6-5-15(12-17(16)31(27,28)24-8-10-30-11-9-24)13-20(26)21-14-19-23-22-18-4-2-3-7-25(18)19/h2-7,12H,8-11,13-14H2,1H3,(H,21,26). The first-order chi connectivity index (χ1) is 15.0. The van der Waals surface area contributed by atoms with Crippen LogP contribution >= 0.6 is 0 Å². The van der Waals surface area contributed by atoms with Crippen molar-refractivity contribution >= 4 is 21.6 Å². The van der Waals surface area contributed by atoms with Crippen LogP contribution in [-0.4, -0.2) is 66.6 Å². The van der Waals surface area contributed by atoms with E-state index >= 15 is 0 Å². The van der Waals surface area contributed by atoms with Crippen LogP contribution in [0.25, 0.3) is 5.65 Å². The van der Waals surface area contributed by atoms with Gasteiger partial charge in [-0.15, -0.1) is 10.2 Å². The summed E-state index contributed by atoms with van der Waals surface area (Å²) < 4.78 is 39.8. The number of hydrogen-bond donors (Lipinski definition) is 1. The third-order valence-electron chi connectivity index (χ3n) is 5.01. The number of aromatic nitrogens is 3. The van der Waals surface area contributed by atoms with Crippen molar-refractivity contribution in [1.29, 1.82) is 0 Å². The van der Waals surface area contributed by atoms with E-state index in [9.17, 15) is 13.2 Å². The number of nitrogens with one attached hydrogen (secondary N) is 1. The second-order valence-corrected chi connectivity index (χ2v) is 8.91. The molecule has 0 unspecified atom stereocenters. The minimum absolute atomic E-state index is 0.0202. The highest BCUT2D eigenvalue weighted by atomic mass is 32.2. The molecule has 31 heavy (non-hydrogen) atoms. The van der Waals surface area contributed by atoms with E-state index in [-0.39, 0.29) is 42.6 Å². The first kappa shape index (κ1) is 21.2. The van der Waals surface area contributed by atoms with Crippen molar-refractivity contribution in [2.24, 2.45) is 0 Å². The Bertz CT molecular complexity index is 1190. The van der Waals surface area contributed by atoms with Gasteiger partial charge in [0, 0.05) is 19.3 Å². The van der Waals surface area contributed by atoms with Gasteiger partial charge in [0.2, 0.25) is 15.9 Å². The summed E-state index contributed by atoms with van der Waals surface area (Å²) in [4.78, 5) is 12.5. The summed E-state index contributed by atoms with van der Waals surface area (Å²) in [6.45, 7) is 1.46. The van der Waals surface area contributed by atoms with Crippen LogP contribution in [0.15, 0.2) is 47.5 Å². The van der Waals surface area contributed by atoms with Gasteiger partial charge in [0.1, 0.15) is 10.6 Å². The third kappa shape index (κ3) is 4.53. The molecule has 3 aromatic rings. The number of carbonyl (C=O) groups excluding carboxylic acids is 1. The van der Waals surface area contributed by atoms with E-state index in [4.69, 9.17) is 9.47 Å². The lowest BCUT2D eigenvalue weighted by molar-refractivity contribution is -0.120. The zero-order valence-corrected chi connectivity index (χ0v) is 17.8. The van der Waals surface area contributed by atoms with Crippen LogP contribution in [0.1, 0.15) is 11.4 Å². The molecule has 1 aliphatic rings. The fourth-order valence-corrected chi connectivity index (χ4v) is 5.01. The number of benzene rings is 1. The highest BCUT2D eigenvalue weighted by molar-refractivity contribution is 7.89. The second-order valence-electron chi connectivity index (χ2n) is 7.00. The smallest absolute Gasteiger partial charge is 0.246 e. The highest BCUT2D eigenvalue weighted by Gasteiger charge is 2.29. The quantitative estimate of drug-likeness (QED) is 0.567. The number of morpholine rings is 1. The minimum Gasteiger partial charge on any atom is -0.495 e. The van der Waals surface area contributed by atoms with Gasteiger partial charge in [-0.1, -0.05) is 12.1 Å². The predicted molar refractivity (Wildman–Crippen MR) is 111 cm³/mol. The fourth-order valence-electron chi connectivity index (χ4n) is 3.40. The molecule has 0 bridgehead atoms. The topological polar surface area (TPSA) is 115 Å². The summed E-state index contributed by atoms with van der Waals surface area (Å²) in [5.41, 5.74) is 1.26. The van der Waals surface area contributed by atoms with E-state index < -0.39 is 10.0 Å². The summed E-state index contributed by atoms with van der Waals surface area (Å²) in [5.74, 6) is 0.590. The van der Waals surface area contributed by atoms with E-state index in [1.807, 2.05) is 24.4 Å². The average Bonchev–Trinajstić information content (AvgIpc) is 3.21. The normalized spacial score (nSPS) is 15.1. The number of methoxy groups -OCH3 is 1. The van der Waals surface area contributed by atoms with Gasteiger partial charge in [0.15, 0.2) is 11.5 Å². The van der Waals surface area contributed by atoms with E-state index in [2.05, 4.69) is 15.5 Å². The number of amides is 1. The van der Waals surface area contributed by atoms with Crippen LogP contribution in [0.2, 0.25) is 0 Å². The Morgan fingerprint density at radius 2 is 2.00 bits per heavy atom. The Hall–Kier alpha value is -3.02. The lowest BCUT2D eigenvalue weighted by Gasteiger charge is -2.26. The zero-order valence-electron chi connectivity index (χ0n) is 17.0. The van der Waals surface area contributed by atoms with E-state index in [0.29, 0.717) is 30.2 Å². The van der Waals surface area contributed by atoms with Crippen molar-refractivity contribution < 1.29 is 22.7 Å².